The molecule has 3 aromatic rings. The average molecular weight is 415 g/mol. The van der Waals surface area contributed by atoms with Crippen LogP contribution in [0.25, 0.3) is 10.9 Å². The number of Topliss-reactive ketones (excluding diaryl/α,β-unsaturated/α-hetero) is 1. The summed E-state index contributed by atoms with van der Waals surface area (Å²) in [7, 11) is 0. The second-order valence-corrected chi connectivity index (χ2v) is 8.81. The Morgan fingerprint density at radius 3 is 2.58 bits per heavy atom. The Morgan fingerprint density at radius 2 is 1.77 bits per heavy atom. The van der Waals surface area contributed by atoms with E-state index in [1.54, 1.807) is 18.2 Å². The van der Waals surface area contributed by atoms with Crippen molar-refractivity contribution in [1.29, 1.82) is 0 Å². The van der Waals surface area contributed by atoms with Gasteiger partial charge in [0, 0.05) is 37.1 Å². The summed E-state index contributed by atoms with van der Waals surface area (Å²) in [5, 5.41) is 1.12. The molecule has 0 atom stereocenters. The van der Waals surface area contributed by atoms with Gasteiger partial charge in [0.2, 0.25) is 0 Å². The Balaban J connectivity index is 1.29. The second kappa shape index (κ2) is 7.38. The summed E-state index contributed by atoms with van der Waals surface area (Å²) in [6, 6.07) is 17.4. The van der Waals surface area contributed by atoms with Gasteiger partial charge in [0.25, 0.3) is 5.91 Å². The average Bonchev–Trinajstić information content (AvgIpc) is 2.77. The number of pyridine rings is 1. The van der Waals surface area contributed by atoms with Gasteiger partial charge in [-0.2, -0.15) is 0 Å². The number of piperazine rings is 1. The molecule has 0 spiro atoms. The van der Waals surface area contributed by atoms with Gasteiger partial charge in [-0.05, 0) is 50.2 Å². The van der Waals surface area contributed by atoms with E-state index in [1.807, 2.05) is 43.0 Å². The zero-order chi connectivity index (χ0) is 21.6. The number of ether oxygens (including phenoxy) is 1. The Morgan fingerprint density at radius 1 is 1.00 bits per heavy atom. The van der Waals surface area contributed by atoms with E-state index < -0.39 is 5.60 Å². The number of anilines is 1. The minimum Gasteiger partial charge on any atom is -0.487 e. The SMILES string of the molecule is CC1(C)CC(=O)c2cc(C(=O)N3CCN(c4ccc5ccccc5n4)CC3)ccc2O1. The van der Waals surface area contributed by atoms with E-state index in [9.17, 15) is 9.59 Å². The van der Waals surface area contributed by atoms with Gasteiger partial charge in [-0.1, -0.05) is 18.2 Å². The van der Waals surface area contributed by atoms with Crippen molar-refractivity contribution in [2.75, 3.05) is 31.1 Å². The fourth-order valence-electron chi connectivity index (χ4n) is 4.34. The van der Waals surface area contributed by atoms with Crippen LogP contribution in [-0.2, 0) is 0 Å². The minimum atomic E-state index is -0.511. The molecule has 0 saturated carbocycles. The molecule has 0 N–H and O–H groups in total. The third kappa shape index (κ3) is 3.74. The van der Waals surface area contributed by atoms with Crippen LogP contribution in [0.1, 0.15) is 41.0 Å². The van der Waals surface area contributed by atoms with Crippen LogP contribution >= 0.6 is 0 Å². The molecule has 3 heterocycles. The number of nitrogens with zero attached hydrogens (tertiary/aromatic N) is 3. The highest BCUT2D eigenvalue weighted by molar-refractivity contribution is 6.03. The van der Waals surface area contributed by atoms with Gasteiger partial charge >= 0.3 is 0 Å². The topological polar surface area (TPSA) is 62.7 Å². The minimum absolute atomic E-state index is 0.0214. The van der Waals surface area contributed by atoms with Crippen molar-refractivity contribution in [1.82, 2.24) is 9.88 Å². The molecule has 1 amide bonds. The molecule has 6 nitrogen and oxygen atoms in total. The molecule has 158 valence electrons. The van der Waals surface area contributed by atoms with Crippen LogP contribution in [0.5, 0.6) is 5.75 Å². The second-order valence-electron chi connectivity index (χ2n) is 8.81. The van der Waals surface area contributed by atoms with Crippen LogP contribution in [0.15, 0.2) is 54.6 Å². The molecule has 1 saturated heterocycles. The number of carbonyl (C=O) groups excluding carboxylic acids is 2. The van der Waals surface area contributed by atoms with Gasteiger partial charge in [0.05, 0.1) is 17.5 Å². The summed E-state index contributed by atoms with van der Waals surface area (Å²) in [4.78, 5) is 34.4. The molecule has 2 aromatic carbocycles. The summed E-state index contributed by atoms with van der Waals surface area (Å²) >= 11 is 0. The van der Waals surface area contributed by atoms with Crippen LogP contribution in [0.3, 0.4) is 0 Å². The lowest BCUT2D eigenvalue weighted by Gasteiger charge is -2.36. The number of hydrogen-bond acceptors (Lipinski definition) is 5. The highest BCUT2D eigenvalue weighted by atomic mass is 16.5. The number of ketones is 1. The first-order chi connectivity index (χ1) is 14.9. The molecule has 6 heteroatoms. The third-order valence-corrected chi connectivity index (χ3v) is 5.97. The van der Waals surface area contributed by atoms with Gasteiger partial charge in [-0.15, -0.1) is 0 Å². The Hall–Kier alpha value is -3.41. The maximum absolute atomic E-state index is 13.1. The van der Waals surface area contributed by atoms with E-state index in [1.165, 1.54) is 0 Å². The zero-order valence-corrected chi connectivity index (χ0v) is 17.8. The Kier molecular flexibility index (Phi) is 4.65. The number of hydrogen-bond donors (Lipinski definition) is 0. The van der Waals surface area contributed by atoms with Crippen molar-refractivity contribution in [3.63, 3.8) is 0 Å². The number of carbonyl (C=O) groups is 2. The smallest absolute Gasteiger partial charge is 0.254 e. The van der Waals surface area contributed by atoms with E-state index >= 15 is 0 Å². The van der Waals surface area contributed by atoms with E-state index in [4.69, 9.17) is 9.72 Å². The van der Waals surface area contributed by atoms with E-state index in [2.05, 4.69) is 17.0 Å². The normalized spacial score (nSPS) is 17.9. The van der Waals surface area contributed by atoms with E-state index in [0.717, 1.165) is 29.8 Å². The number of fused-ring (bicyclic) bond motifs is 2. The van der Waals surface area contributed by atoms with Gasteiger partial charge in [0.1, 0.15) is 17.2 Å². The van der Waals surface area contributed by atoms with E-state index in [-0.39, 0.29) is 11.7 Å². The largest absolute Gasteiger partial charge is 0.487 e. The molecule has 0 bridgehead atoms. The summed E-state index contributed by atoms with van der Waals surface area (Å²) in [6.45, 7) is 6.47. The number of aromatic nitrogens is 1. The molecule has 1 fully saturated rings. The molecule has 0 unspecified atom stereocenters. The zero-order valence-electron chi connectivity index (χ0n) is 17.8. The number of rotatable bonds is 2. The Labute approximate surface area is 181 Å². The van der Waals surface area contributed by atoms with Crippen LogP contribution in [-0.4, -0.2) is 53.4 Å². The summed E-state index contributed by atoms with van der Waals surface area (Å²) < 4.78 is 5.90. The fourth-order valence-corrected chi connectivity index (χ4v) is 4.34. The Bertz CT molecular complexity index is 1180. The molecule has 1 aromatic heterocycles. The number of para-hydroxylation sites is 1. The highest BCUT2D eigenvalue weighted by Crippen LogP contribution is 2.33. The summed E-state index contributed by atoms with van der Waals surface area (Å²) in [5.74, 6) is 1.47. The van der Waals surface area contributed by atoms with Crippen molar-refractivity contribution in [2.24, 2.45) is 0 Å². The van der Waals surface area contributed by atoms with Crippen LogP contribution in [0.2, 0.25) is 0 Å². The first kappa shape index (κ1) is 19.5. The van der Waals surface area contributed by atoms with Crippen molar-refractivity contribution in [3.05, 3.63) is 65.7 Å². The summed E-state index contributed by atoms with van der Waals surface area (Å²) in [5.41, 5.74) is 1.50. The molecule has 31 heavy (non-hydrogen) atoms. The van der Waals surface area contributed by atoms with Crippen LogP contribution < -0.4 is 9.64 Å². The van der Waals surface area contributed by atoms with Crippen molar-refractivity contribution in [2.45, 2.75) is 25.9 Å². The lowest BCUT2D eigenvalue weighted by atomic mass is 9.92. The molecule has 0 aliphatic carbocycles. The third-order valence-electron chi connectivity index (χ3n) is 5.97. The lowest BCUT2D eigenvalue weighted by Crippen LogP contribution is -2.49. The van der Waals surface area contributed by atoms with Gasteiger partial charge in [-0.25, -0.2) is 4.98 Å². The molecule has 0 radical (unpaired) electrons. The fraction of sp³-hybridized carbons (Fsp3) is 0.320. The first-order valence-corrected chi connectivity index (χ1v) is 10.7. The maximum atomic E-state index is 13.1. The predicted molar refractivity (Wildman–Crippen MR) is 120 cm³/mol. The molecular weight excluding hydrogens is 390 g/mol. The molecule has 2 aliphatic heterocycles. The quantitative estimate of drug-likeness (QED) is 0.634. The standard InChI is InChI=1S/C25H25N3O3/c1-25(2)16-21(29)19-15-18(7-9-22(19)31-25)24(30)28-13-11-27(12-14-28)23-10-8-17-5-3-4-6-20(17)26-23/h3-10,15H,11-14,16H2,1-2H3. The van der Waals surface area contributed by atoms with Gasteiger partial charge < -0.3 is 14.5 Å². The molecule has 5 rings (SSSR count). The molecule has 2 aliphatic rings. The summed E-state index contributed by atoms with van der Waals surface area (Å²) in [6.07, 6.45) is 0.315. The monoisotopic (exact) mass is 415 g/mol. The predicted octanol–water partition coefficient (Wildman–Crippen LogP) is 3.94. The van der Waals surface area contributed by atoms with Crippen LogP contribution in [0.4, 0.5) is 5.82 Å². The van der Waals surface area contributed by atoms with Gasteiger partial charge in [-0.3, -0.25) is 9.59 Å². The number of benzene rings is 2. The van der Waals surface area contributed by atoms with Crippen LogP contribution in [0, 0.1) is 0 Å². The van der Waals surface area contributed by atoms with Gasteiger partial charge in [0.15, 0.2) is 5.78 Å². The maximum Gasteiger partial charge on any atom is 0.254 e. The first-order valence-electron chi connectivity index (χ1n) is 10.7. The lowest BCUT2D eigenvalue weighted by molar-refractivity contribution is 0.0619. The van der Waals surface area contributed by atoms with E-state index in [0.29, 0.717) is 36.4 Å². The molecular formula is C25H25N3O3. The highest BCUT2D eigenvalue weighted by Gasteiger charge is 2.33. The van der Waals surface area contributed by atoms with Crippen molar-refractivity contribution in [3.8, 4) is 5.75 Å². The number of amides is 1. The van der Waals surface area contributed by atoms with Crippen molar-refractivity contribution >= 4 is 28.4 Å². The van der Waals surface area contributed by atoms with Crippen molar-refractivity contribution < 1.29 is 14.3 Å².